The third-order valence-corrected chi connectivity index (χ3v) is 7.33. The molecule has 1 amide bonds. The summed E-state index contributed by atoms with van der Waals surface area (Å²) in [6.45, 7) is 2.71. The molecule has 29 heavy (non-hydrogen) atoms. The highest BCUT2D eigenvalue weighted by atomic mass is 32.2. The third-order valence-electron chi connectivity index (χ3n) is 4.66. The number of hydrogen-bond donors (Lipinski definition) is 0. The Morgan fingerprint density at radius 1 is 0.931 bits per heavy atom. The third kappa shape index (κ3) is 5.12. The number of thiophene rings is 1. The van der Waals surface area contributed by atoms with Gasteiger partial charge in [-0.2, -0.15) is 4.31 Å². The van der Waals surface area contributed by atoms with E-state index in [0.717, 1.165) is 16.0 Å². The van der Waals surface area contributed by atoms with Crippen molar-refractivity contribution >= 4 is 27.3 Å². The average molecular weight is 429 g/mol. The van der Waals surface area contributed by atoms with Crippen LogP contribution in [-0.2, 0) is 23.1 Å². The Bertz CT molecular complexity index is 1060. The zero-order chi connectivity index (χ0) is 21.0. The highest BCUT2D eigenvalue weighted by Gasteiger charge is 2.21. The number of carbonyl (C=O) groups excluding carboxylic acids is 1. The van der Waals surface area contributed by atoms with Crippen molar-refractivity contribution in [1.82, 2.24) is 9.21 Å². The van der Waals surface area contributed by atoms with E-state index in [9.17, 15) is 13.2 Å². The molecular weight excluding hydrogens is 404 g/mol. The molecule has 2 aromatic carbocycles. The van der Waals surface area contributed by atoms with Gasteiger partial charge in [-0.15, -0.1) is 11.3 Å². The Labute approximate surface area is 176 Å². The summed E-state index contributed by atoms with van der Waals surface area (Å²) < 4.78 is 26.8. The van der Waals surface area contributed by atoms with Gasteiger partial charge in [0.05, 0.1) is 11.4 Å². The Balaban J connectivity index is 1.66. The normalized spacial score (nSPS) is 11.6. The van der Waals surface area contributed by atoms with E-state index in [1.54, 1.807) is 78.9 Å². The van der Waals surface area contributed by atoms with Gasteiger partial charge in [0, 0.05) is 31.1 Å². The molecule has 0 spiro atoms. The van der Waals surface area contributed by atoms with Gasteiger partial charge in [-0.05, 0) is 48.2 Å². The lowest BCUT2D eigenvalue weighted by atomic mass is 10.1. The number of rotatable bonds is 7. The number of nitrogens with zero attached hydrogens (tertiary/aromatic N) is 2. The van der Waals surface area contributed by atoms with Gasteiger partial charge in [0.1, 0.15) is 0 Å². The van der Waals surface area contributed by atoms with Crippen molar-refractivity contribution in [2.75, 3.05) is 14.1 Å². The van der Waals surface area contributed by atoms with E-state index in [1.807, 2.05) is 24.4 Å². The van der Waals surface area contributed by atoms with Crippen LogP contribution in [-0.4, -0.2) is 37.6 Å². The summed E-state index contributed by atoms with van der Waals surface area (Å²) in [4.78, 5) is 15.7. The molecule has 0 atom stereocenters. The molecule has 0 saturated heterocycles. The van der Waals surface area contributed by atoms with Crippen molar-refractivity contribution in [3.63, 3.8) is 0 Å². The van der Waals surface area contributed by atoms with Crippen LogP contribution in [0.3, 0.4) is 0 Å². The van der Waals surface area contributed by atoms with Crippen LogP contribution in [0, 0.1) is 6.92 Å². The number of amides is 1. The average Bonchev–Trinajstić information content (AvgIpc) is 3.21. The van der Waals surface area contributed by atoms with Crippen LogP contribution in [0.25, 0.3) is 0 Å². The van der Waals surface area contributed by atoms with E-state index < -0.39 is 10.0 Å². The molecule has 0 saturated carbocycles. The zero-order valence-electron chi connectivity index (χ0n) is 16.7. The van der Waals surface area contributed by atoms with E-state index in [1.165, 1.54) is 4.31 Å². The second-order valence-electron chi connectivity index (χ2n) is 7.01. The van der Waals surface area contributed by atoms with Crippen LogP contribution in [0.5, 0.6) is 0 Å². The molecule has 152 valence electrons. The summed E-state index contributed by atoms with van der Waals surface area (Å²) in [6.07, 6.45) is 0. The van der Waals surface area contributed by atoms with Crippen molar-refractivity contribution in [3.05, 3.63) is 87.6 Å². The van der Waals surface area contributed by atoms with Gasteiger partial charge in [-0.3, -0.25) is 4.79 Å². The molecule has 1 heterocycles. The van der Waals surface area contributed by atoms with E-state index in [-0.39, 0.29) is 17.3 Å². The topological polar surface area (TPSA) is 57.7 Å². The summed E-state index contributed by atoms with van der Waals surface area (Å²) in [5, 5.41) is 1.99. The minimum Gasteiger partial charge on any atom is -0.337 e. The van der Waals surface area contributed by atoms with Crippen molar-refractivity contribution in [2.24, 2.45) is 0 Å². The minimum absolute atomic E-state index is 0.0643. The van der Waals surface area contributed by atoms with E-state index in [2.05, 4.69) is 0 Å². The summed E-state index contributed by atoms with van der Waals surface area (Å²) >= 11 is 1.62. The number of aryl methyl sites for hydroxylation is 1. The van der Waals surface area contributed by atoms with Crippen LogP contribution in [0.4, 0.5) is 0 Å². The van der Waals surface area contributed by atoms with Crippen molar-refractivity contribution in [3.8, 4) is 0 Å². The number of carbonyl (C=O) groups is 1. The van der Waals surface area contributed by atoms with Crippen LogP contribution in [0.15, 0.2) is 70.9 Å². The monoisotopic (exact) mass is 428 g/mol. The fourth-order valence-electron chi connectivity index (χ4n) is 2.91. The highest BCUT2D eigenvalue weighted by Crippen LogP contribution is 2.18. The molecule has 1 aromatic heterocycles. The first-order chi connectivity index (χ1) is 13.8. The van der Waals surface area contributed by atoms with Gasteiger partial charge >= 0.3 is 0 Å². The Morgan fingerprint density at radius 2 is 1.59 bits per heavy atom. The highest BCUT2D eigenvalue weighted by molar-refractivity contribution is 7.89. The molecule has 0 fully saturated rings. The molecule has 0 aliphatic heterocycles. The molecule has 3 rings (SSSR count). The first-order valence-electron chi connectivity index (χ1n) is 9.17. The Kier molecular flexibility index (Phi) is 6.52. The van der Waals surface area contributed by atoms with E-state index in [4.69, 9.17) is 0 Å². The van der Waals surface area contributed by atoms with Crippen molar-refractivity contribution in [2.45, 2.75) is 24.9 Å². The predicted molar refractivity (Wildman–Crippen MR) is 116 cm³/mol. The summed E-state index contributed by atoms with van der Waals surface area (Å²) in [5.74, 6) is -0.0643. The SMILES string of the molecule is Cc1ccc(S(=O)(=O)N(C)Cc2ccc(C(=O)N(C)Cc3cccs3)cc2)cc1. The van der Waals surface area contributed by atoms with Gasteiger partial charge in [-0.25, -0.2) is 8.42 Å². The summed E-state index contributed by atoms with van der Waals surface area (Å²) in [5.41, 5.74) is 2.41. The van der Waals surface area contributed by atoms with Gasteiger partial charge in [0.25, 0.3) is 5.91 Å². The largest absolute Gasteiger partial charge is 0.337 e. The molecular formula is C22H24N2O3S2. The maximum atomic E-state index is 12.7. The minimum atomic E-state index is -3.56. The van der Waals surface area contributed by atoms with Crippen molar-refractivity contribution in [1.29, 1.82) is 0 Å². The fourth-order valence-corrected chi connectivity index (χ4v) is 4.83. The van der Waals surface area contributed by atoms with Crippen LogP contribution < -0.4 is 0 Å². The molecule has 0 bridgehead atoms. The van der Waals surface area contributed by atoms with Crippen LogP contribution >= 0.6 is 11.3 Å². The Morgan fingerprint density at radius 3 is 2.17 bits per heavy atom. The summed E-state index contributed by atoms with van der Waals surface area (Å²) in [6, 6.07) is 17.9. The smallest absolute Gasteiger partial charge is 0.253 e. The lowest BCUT2D eigenvalue weighted by Crippen LogP contribution is -2.27. The summed E-state index contributed by atoms with van der Waals surface area (Å²) in [7, 11) is -0.229. The standard InChI is InChI=1S/C22H24N2O3S2/c1-17-6-12-21(13-7-17)29(26,27)24(3)15-18-8-10-19(11-9-18)22(25)23(2)16-20-5-4-14-28-20/h4-14H,15-16H2,1-3H3. The maximum Gasteiger partial charge on any atom is 0.253 e. The maximum absolute atomic E-state index is 12.7. The molecule has 7 heteroatoms. The molecule has 0 aliphatic rings. The first kappa shape index (κ1) is 21.2. The molecule has 0 aliphatic carbocycles. The number of benzene rings is 2. The quantitative estimate of drug-likeness (QED) is 0.568. The molecule has 0 N–H and O–H groups in total. The first-order valence-corrected chi connectivity index (χ1v) is 11.5. The second kappa shape index (κ2) is 8.90. The molecule has 5 nitrogen and oxygen atoms in total. The zero-order valence-corrected chi connectivity index (χ0v) is 18.3. The van der Waals surface area contributed by atoms with Gasteiger partial charge < -0.3 is 4.90 Å². The van der Waals surface area contributed by atoms with E-state index in [0.29, 0.717) is 12.1 Å². The van der Waals surface area contributed by atoms with E-state index >= 15 is 0 Å². The molecule has 0 radical (unpaired) electrons. The Hall–Kier alpha value is -2.48. The lowest BCUT2D eigenvalue weighted by molar-refractivity contribution is 0.0786. The number of sulfonamides is 1. The lowest BCUT2D eigenvalue weighted by Gasteiger charge is -2.18. The van der Waals surface area contributed by atoms with Gasteiger partial charge in [0.15, 0.2) is 0 Å². The number of hydrogen-bond acceptors (Lipinski definition) is 4. The van der Waals surface area contributed by atoms with Gasteiger partial charge in [0.2, 0.25) is 10.0 Å². The fraction of sp³-hybridized carbons (Fsp3) is 0.227. The van der Waals surface area contributed by atoms with Gasteiger partial charge in [-0.1, -0.05) is 35.9 Å². The second-order valence-corrected chi connectivity index (χ2v) is 10.1. The molecule has 3 aromatic rings. The van der Waals surface area contributed by atoms with Crippen molar-refractivity contribution < 1.29 is 13.2 Å². The predicted octanol–water partition coefficient (Wildman–Crippen LogP) is 4.15. The van der Waals surface area contributed by atoms with Crippen LogP contribution in [0.1, 0.15) is 26.4 Å². The van der Waals surface area contributed by atoms with Crippen LogP contribution in [0.2, 0.25) is 0 Å². The molecule has 0 unspecified atom stereocenters.